The number of nitrogens with one attached hydrogen (secondary N) is 1. The van der Waals surface area contributed by atoms with Crippen molar-refractivity contribution in [3.8, 4) is 0 Å². The standard InChI is InChI=1S/C22H23N3OS.ClH/c26-22-15-17-5-4-16(14-19(17)23-22)6-8-24-9-11-25(12-10-24)20-2-1-3-21-18(20)7-13-27-21;/h1-5,7,13-14H,6,8-12,15H2,(H,23,26);1H. The Labute approximate surface area is 175 Å². The number of carbonyl (C=O) groups is 1. The van der Waals surface area contributed by atoms with Crippen molar-refractivity contribution in [3.63, 3.8) is 0 Å². The number of anilines is 2. The van der Waals surface area contributed by atoms with Gasteiger partial charge in [-0.05, 0) is 47.2 Å². The van der Waals surface area contributed by atoms with Gasteiger partial charge in [0.2, 0.25) is 5.91 Å². The van der Waals surface area contributed by atoms with E-state index in [0.29, 0.717) is 6.42 Å². The Kier molecular flexibility index (Phi) is 5.58. The average molecular weight is 414 g/mol. The maximum Gasteiger partial charge on any atom is 0.228 e. The molecule has 2 aliphatic rings. The summed E-state index contributed by atoms with van der Waals surface area (Å²) >= 11 is 1.82. The van der Waals surface area contributed by atoms with Crippen LogP contribution in [0.15, 0.2) is 47.8 Å². The third kappa shape index (κ3) is 3.75. The Morgan fingerprint density at radius 3 is 2.75 bits per heavy atom. The van der Waals surface area contributed by atoms with E-state index < -0.39 is 0 Å². The summed E-state index contributed by atoms with van der Waals surface area (Å²) in [6.07, 6.45) is 1.55. The zero-order valence-corrected chi connectivity index (χ0v) is 17.3. The first-order chi connectivity index (χ1) is 13.3. The predicted octanol–water partition coefficient (Wildman–Crippen LogP) is 4.18. The number of fused-ring (bicyclic) bond motifs is 2. The molecule has 3 aromatic rings. The summed E-state index contributed by atoms with van der Waals surface area (Å²) in [5.41, 5.74) is 4.82. The molecule has 0 radical (unpaired) electrons. The lowest BCUT2D eigenvalue weighted by atomic mass is 10.1. The first-order valence-electron chi connectivity index (χ1n) is 9.61. The number of hydrogen-bond donors (Lipinski definition) is 1. The topological polar surface area (TPSA) is 35.6 Å². The molecule has 0 unspecified atom stereocenters. The molecule has 0 atom stereocenters. The molecule has 2 aliphatic heterocycles. The van der Waals surface area contributed by atoms with Gasteiger partial charge in [-0.15, -0.1) is 23.7 Å². The normalized spacial score (nSPS) is 16.7. The van der Waals surface area contributed by atoms with Crippen molar-refractivity contribution in [2.45, 2.75) is 12.8 Å². The summed E-state index contributed by atoms with van der Waals surface area (Å²) in [6.45, 7) is 5.43. The van der Waals surface area contributed by atoms with Gasteiger partial charge in [-0.25, -0.2) is 0 Å². The van der Waals surface area contributed by atoms with Gasteiger partial charge in [0.25, 0.3) is 0 Å². The highest BCUT2D eigenvalue weighted by Gasteiger charge is 2.20. The minimum Gasteiger partial charge on any atom is -0.368 e. The van der Waals surface area contributed by atoms with Crippen molar-refractivity contribution < 1.29 is 4.79 Å². The van der Waals surface area contributed by atoms with E-state index in [9.17, 15) is 4.79 Å². The zero-order chi connectivity index (χ0) is 18.2. The minimum absolute atomic E-state index is 0. The summed E-state index contributed by atoms with van der Waals surface area (Å²) < 4.78 is 1.37. The number of piperazine rings is 1. The van der Waals surface area contributed by atoms with Crippen LogP contribution in [0.1, 0.15) is 11.1 Å². The SMILES string of the molecule is Cl.O=C1Cc2ccc(CCN3CCN(c4cccc5sccc45)CC3)cc2N1. The smallest absolute Gasteiger partial charge is 0.228 e. The molecule has 1 fully saturated rings. The lowest BCUT2D eigenvalue weighted by Gasteiger charge is -2.36. The van der Waals surface area contributed by atoms with Gasteiger partial charge in [0, 0.05) is 54.2 Å². The molecule has 0 aliphatic carbocycles. The number of hydrogen-bond acceptors (Lipinski definition) is 4. The molecule has 2 aromatic carbocycles. The highest BCUT2D eigenvalue weighted by molar-refractivity contribution is 7.17. The molecule has 1 saturated heterocycles. The van der Waals surface area contributed by atoms with Gasteiger partial charge < -0.3 is 10.2 Å². The maximum atomic E-state index is 11.5. The number of benzene rings is 2. The molecule has 0 bridgehead atoms. The van der Waals surface area contributed by atoms with Crippen LogP contribution < -0.4 is 10.2 Å². The van der Waals surface area contributed by atoms with Gasteiger partial charge in [0.15, 0.2) is 0 Å². The van der Waals surface area contributed by atoms with E-state index in [1.807, 2.05) is 11.3 Å². The molecule has 4 nitrogen and oxygen atoms in total. The van der Waals surface area contributed by atoms with E-state index in [2.05, 4.69) is 63.0 Å². The molecule has 146 valence electrons. The van der Waals surface area contributed by atoms with Crippen LogP contribution in [0, 0.1) is 0 Å². The highest BCUT2D eigenvalue weighted by Crippen LogP contribution is 2.31. The van der Waals surface area contributed by atoms with Crippen molar-refractivity contribution >= 4 is 51.1 Å². The summed E-state index contributed by atoms with van der Waals surface area (Å²) in [5, 5.41) is 6.52. The molecule has 0 saturated carbocycles. The largest absolute Gasteiger partial charge is 0.368 e. The van der Waals surface area contributed by atoms with Crippen LogP contribution in [-0.2, 0) is 17.6 Å². The van der Waals surface area contributed by atoms with Crippen LogP contribution in [0.25, 0.3) is 10.1 Å². The lowest BCUT2D eigenvalue weighted by molar-refractivity contribution is -0.115. The van der Waals surface area contributed by atoms with E-state index in [1.54, 1.807) is 0 Å². The van der Waals surface area contributed by atoms with Crippen molar-refractivity contribution in [3.05, 3.63) is 59.0 Å². The van der Waals surface area contributed by atoms with Crippen molar-refractivity contribution in [2.75, 3.05) is 42.9 Å². The zero-order valence-electron chi connectivity index (χ0n) is 15.7. The number of carbonyl (C=O) groups excluding carboxylic acids is 1. The Bertz CT molecular complexity index is 994. The molecule has 28 heavy (non-hydrogen) atoms. The highest BCUT2D eigenvalue weighted by atomic mass is 35.5. The molecule has 6 heteroatoms. The fourth-order valence-corrected chi connectivity index (χ4v) is 4.98. The van der Waals surface area contributed by atoms with Crippen molar-refractivity contribution in [1.82, 2.24) is 4.90 Å². The molecule has 1 N–H and O–H groups in total. The van der Waals surface area contributed by atoms with Gasteiger partial charge in [0.1, 0.15) is 0 Å². The molecule has 5 rings (SSSR count). The number of thiophene rings is 1. The number of rotatable bonds is 4. The maximum absolute atomic E-state index is 11.5. The van der Waals surface area contributed by atoms with E-state index in [4.69, 9.17) is 0 Å². The second-order valence-corrected chi connectivity index (χ2v) is 8.35. The fraction of sp³-hybridized carbons (Fsp3) is 0.318. The Hall–Kier alpha value is -2.08. The van der Waals surface area contributed by atoms with Gasteiger partial charge >= 0.3 is 0 Å². The number of amides is 1. The van der Waals surface area contributed by atoms with Crippen molar-refractivity contribution in [2.24, 2.45) is 0 Å². The van der Waals surface area contributed by atoms with Crippen LogP contribution in [-0.4, -0.2) is 43.5 Å². The third-order valence-electron chi connectivity index (χ3n) is 5.70. The van der Waals surface area contributed by atoms with Gasteiger partial charge in [-0.3, -0.25) is 9.69 Å². The quantitative estimate of drug-likeness (QED) is 0.696. The van der Waals surface area contributed by atoms with Crippen LogP contribution in [0.2, 0.25) is 0 Å². The molecular formula is C22H24ClN3OS. The Morgan fingerprint density at radius 2 is 1.89 bits per heavy atom. The van der Waals surface area contributed by atoms with E-state index in [0.717, 1.165) is 50.4 Å². The van der Waals surface area contributed by atoms with Gasteiger partial charge in [-0.1, -0.05) is 18.2 Å². The Balaban J connectivity index is 0.00000192. The minimum atomic E-state index is 0. The molecule has 1 amide bonds. The van der Waals surface area contributed by atoms with Crippen LogP contribution in [0.4, 0.5) is 11.4 Å². The molecule has 0 spiro atoms. The summed E-state index contributed by atoms with van der Waals surface area (Å²) in [5.74, 6) is 0.110. The second kappa shape index (κ2) is 8.11. The first kappa shape index (κ1) is 19.2. The summed E-state index contributed by atoms with van der Waals surface area (Å²) in [7, 11) is 0. The molecule has 3 heterocycles. The number of nitrogens with zero attached hydrogens (tertiary/aromatic N) is 2. The molecular weight excluding hydrogens is 390 g/mol. The molecule has 1 aromatic heterocycles. The van der Waals surface area contributed by atoms with Crippen LogP contribution >= 0.6 is 23.7 Å². The van der Waals surface area contributed by atoms with E-state index >= 15 is 0 Å². The monoisotopic (exact) mass is 413 g/mol. The third-order valence-corrected chi connectivity index (χ3v) is 6.58. The summed E-state index contributed by atoms with van der Waals surface area (Å²) in [6, 6.07) is 15.3. The van der Waals surface area contributed by atoms with Gasteiger partial charge in [0.05, 0.1) is 6.42 Å². The van der Waals surface area contributed by atoms with Crippen LogP contribution in [0.3, 0.4) is 0 Å². The number of halogens is 1. The van der Waals surface area contributed by atoms with E-state index in [-0.39, 0.29) is 18.3 Å². The Morgan fingerprint density at radius 1 is 1.04 bits per heavy atom. The predicted molar refractivity (Wildman–Crippen MR) is 120 cm³/mol. The lowest BCUT2D eigenvalue weighted by Crippen LogP contribution is -2.47. The van der Waals surface area contributed by atoms with Crippen LogP contribution in [0.5, 0.6) is 0 Å². The van der Waals surface area contributed by atoms with Gasteiger partial charge in [-0.2, -0.15) is 0 Å². The fourth-order valence-electron chi connectivity index (χ4n) is 4.17. The summed E-state index contributed by atoms with van der Waals surface area (Å²) in [4.78, 5) is 16.6. The average Bonchev–Trinajstić information content (AvgIpc) is 3.31. The van der Waals surface area contributed by atoms with Crippen molar-refractivity contribution in [1.29, 1.82) is 0 Å². The van der Waals surface area contributed by atoms with E-state index in [1.165, 1.54) is 21.3 Å². The second-order valence-electron chi connectivity index (χ2n) is 7.40. The first-order valence-corrected chi connectivity index (χ1v) is 10.5.